The summed E-state index contributed by atoms with van der Waals surface area (Å²) in [6.45, 7) is 1.57. The van der Waals surface area contributed by atoms with E-state index in [1.807, 2.05) is 0 Å². The Morgan fingerprint density at radius 3 is 2.15 bits per heavy atom. The SMILES string of the molecule is C[C@H](c1ccccc1)N(C(=O)O)[C@@H](CC(=O)O)Cc1cc(F)c(F)cc1F. The number of carboxylic acid groups (broad SMARTS) is 2. The molecule has 0 aliphatic rings. The van der Waals surface area contributed by atoms with Gasteiger partial charge in [-0.25, -0.2) is 18.0 Å². The van der Waals surface area contributed by atoms with Crippen molar-refractivity contribution >= 4 is 12.1 Å². The largest absolute Gasteiger partial charge is 0.481 e. The number of rotatable bonds is 7. The lowest BCUT2D eigenvalue weighted by molar-refractivity contribution is -0.138. The highest BCUT2D eigenvalue weighted by Crippen LogP contribution is 2.27. The molecule has 0 unspecified atom stereocenters. The minimum atomic E-state index is -1.40. The number of aliphatic carboxylic acids is 1. The summed E-state index contributed by atoms with van der Waals surface area (Å²) in [7, 11) is 0. The number of benzene rings is 2. The molecule has 0 heterocycles. The van der Waals surface area contributed by atoms with Crippen molar-refractivity contribution in [2.45, 2.75) is 31.8 Å². The molecular formula is C19H18F3NO4. The Balaban J connectivity index is 2.41. The van der Waals surface area contributed by atoms with Crippen LogP contribution in [0, 0.1) is 17.5 Å². The van der Waals surface area contributed by atoms with E-state index >= 15 is 0 Å². The van der Waals surface area contributed by atoms with E-state index in [4.69, 9.17) is 5.11 Å². The average Bonchev–Trinajstić information content (AvgIpc) is 2.59. The molecule has 0 spiro atoms. The molecule has 2 aromatic rings. The van der Waals surface area contributed by atoms with Crippen LogP contribution in [0.4, 0.5) is 18.0 Å². The fourth-order valence-corrected chi connectivity index (χ4v) is 2.97. The molecule has 5 nitrogen and oxygen atoms in total. The molecule has 0 aromatic heterocycles. The van der Waals surface area contributed by atoms with Gasteiger partial charge in [-0.05, 0) is 30.5 Å². The van der Waals surface area contributed by atoms with Crippen molar-refractivity contribution in [3.05, 3.63) is 71.0 Å². The van der Waals surface area contributed by atoms with E-state index in [-0.39, 0.29) is 5.56 Å². The fourth-order valence-electron chi connectivity index (χ4n) is 2.97. The van der Waals surface area contributed by atoms with E-state index in [0.717, 1.165) is 4.90 Å². The molecule has 0 bridgehead atoms. The highest BCUT2D eigenvalue weighted by molar-refractivity contribution is 5.71. The molecule has 0 radical (unpaired) electrons. The van der Waals surface area contributed by atoms with Crippen molar-refractivity contribution in [1.82, 2.24) is 4.90 Å². The maximum Gasteiger partial charge on any atom is 0.408 e. The lowest BCUT2D eigenvalue weighted by Gasteiger charge is -2.34. The van der Waals surface area contributed by atoms with Gasteiger partial charge < -0.3 is 10.2 Å². The molecule has 2 rings (SSSR count). The standard InChI is InChI=1S/C19H18F3NO4/c1-11(12-5-3-2-4-6-12)23(19(26)27)14(9-18(24)25)7-13-8-16(21)17(22)10-15(13)20/h2-6,8,10-11,14H,7,9H2,1H3,(H,24,25)(H,26,27)/t11-,14-/m1/s1. The van der Waals surface area contributed by atoms with Gasteiger partial charge in [-0.3, -0.25) is 9.69 Å². The smallest absolute Gasteiger partial charge is 0.408 e. The van der Waals surface area contributed by atoms with Crippen LogP contribution in [-0.4, -0.2) is 33.2 Å². The van der Waals surface area contributed by atoms with Crippen molar-refractivity contribution in [1.29, 1.82) is 0 Å². The maximum absolute atomic E-state index is 14.0. The van der Waals surface area contributed by atoms with Crippen LogP contribution < -0.4 is 0 Å². The Hall–Kier alpha value is -3.03. The van der Waals surface area contributed by atoms with Gasteiger partial charge in [-0.2, -0.15) is 0 Å². The maximum atomic E-state index is 14.0. The van der Waals surface area contributed by atoms with Gasteiger partial charge in [0.2, 0.25) is 0 Å². The van der Waals surface area contributed by atoms with Gasteiger partial charge >= 0.3 is 12.1 Å². The molecule has 0 saturated heterocycles. The van der Waals surface area contributed by atoms with E-state index in [2.05, 4.69) is 0 Å². The van der Waals surface area contributed by atoms with Gasteiger partial charge in [0.05, 0.1) is 18.5 Å². The number of carbonyl (C=O) groups is 2. The van der Waals surface area contributed by atoms with Gasteiger partial charge in [0, 0.05) is 6.07 Å². The summed E-state index contributed by atoms with van der Waals surface area (Å²) in [6.07, 6.45) is -2.44. The molecule has 2 N–H and O–H groups in total. The first-order chi connectivity index (χ1) is 12.7. The highest BCUT2D eigenvalue weighted by Gasteiger charge is 2.31. The lowest BCUT2D eigenvalue weighted by atomic mass is 9.98. The Kier molecular flexibility index (Phi) is 6.44. The zero-order valence-corrected chi connectivity index (χ0v) is 14.4. The fraction of sp³-hybridized carbons (Fsp3) is 0.263. The van der Waals surface area contributed by atoms with E-state index in [1.165, 1.54) is 0 Å². The summed E-state index contributed by atoms with van der Waals surface area (Å²) in [5, 5.41) is 18.8. The Morgan fingerprint density at radius 1 is 1.00 bits per heavy atom. The van der Waals surface area contributed by atoms with Crippen molar-refractivity contribution < 1.29 is 33.0 Å². The topological polar surface area (TPSA) is 77.8 Å². The third-order valence-electron chi connectivity index (χ3n) is 4.27. The van der Waals surface area contributed by atoms with E-state index in [1.54, 1.807) is 37.3 Å². The zero-order chi connectivity index (χ0) is 20.1. The second-order valence-electron chi connectivity index (χ2n) is 6.09. The van der Waals surface area contributed by atoms with Crippen molar-refractivity contribution in [3.63, 3.8) is 0 Å². The summed E-state index contributed by atoms with van der Waals surface area (Å²) < 4.78 is 40.6. The molecule has 0 saturated carbocycles. The van der Waals surface area contributed by atoms with Crippen LogP contribution >= 0.6 is 0 Å². The molecule has 8 heteroatoms. The van der Waals surface area contributed by atoms with Gasteiger partial charge in [0.15, 0.2) is 11.6 Å². The first-order valence-corrected chi connectivity index (χ1v) is 8.12. The number of carboxylic acids is 1. The summed E-state index contributed by atoms with van der Waals surface area (Å²) in [5.74, 6) is -5.03. The monoisotopic (exact) mass is 381 g/mol. The number of nitrogens with zero attached hydrogens (tertiary/aromatic N) is 1. The zero-order valence-electron chi connectivity index (χ0n) is 14.4. The number of halogens is 3. The number of amides is 1. The van der Waals surface area contributed by atoms with Crippen LogP contribution in [0.3, 0.4) is 0 Å². The van der Waals surface area contributed by atoms with Crippen molar-refractivity contribution in [3.8, 4) is 0 Å². The summed E-state index contributed by atoms with van der Waals surface area (Å²) in [4.78, 5) is 24.0. The Morgan fingerprint density at radius 2 is 1.59 bits per heavy atom. The number of hydrogen-bond acceptors (Lipinski definition) is 2. The normalized spacial score (nSPS) is 13.0. The minimum Gasteiger partial charge on any atom is -0.481 e. The van der Waals surface area contributed by atoms with E-state index in [9.17, 15) is 27.9 Å². The summed E-state index contributed by atoms with van der Waals surface area (Å²) in [5.41, 5.74) is 0.313. The van der Waals surface area contributed by atoms with Crippen molar-refractivity contribution in [2.24, 2.45) is 0 Å². The highest BCUT2D eigenvalue weighted by atomic mass is 19.2. The third kappa shape index (κ3) is 4.99. The molecule has 2 atom stereocenters. The molecule has 0 aliphatic heterocycles. The van der Waals surface area contributed by atoms with Crippen LogP contribution in [0.25, 0.3) is 0 Å². The number of hydrogen-bond donors (Lipinski definition) is 2. The first kappa shape index (κ1) is 20.3. The molecule has 1 amide bonds. The Labute approximate surface area is 153 Å². The Bertz CT molecular complexity index is 829. The second kappa shape index (κ2) is 8.57. The van der Waals surface area contributed by atoms with Gasteiger partial charge in [-0.1, -0.05) is 30.3 Å². The summed E-state index contributed by atoms with van der Waals surface area (Å²) >= 11 is 0. The average molecular weight is 381 g/mol. The molecule has 2 aromatic carbocycles. The van der Waals surface area contributed by atoms with E-state index in [0.29, 0.717) is 17.7 Å². The molecule has 27 heavy (non-hydrogen) atoms. The van der Waals surface area contributed by atoms with Crippen LogP contribution in [0.2, 0.25) is 0 Å². The predicted octanol–water partition coefficient (Wildman–Crippen LogP) is 4.23. The molecule has 0 aliphatic carbocycles. The first-order valence-electron chi connectivity index (χ1n) is 8.12. The lowest BCUT2D eigenvalue weighted by Crippen LogP contribution is -2.43. The minimum absolute atomic E-state index is 0.299. The molecule has 0 fully saturated rings. The van der Waals surface area contributed by atoms with Gasteiger partial charge in [0.1, 0.15) is 5.82 Å². The summed E-state index contributed by atoms with van der Waals surface area (Å²) in [6, 6.07) is 7.55. The van der Waals surface area contributed by atoms with Crippen LogP contribution in [0.5, 0.6) is 0 Å². The van der Waals surface area contributed by atoms with Gasteiger partial charge in [0.25, 0.3) is 0 Å². The second-order valence-corrected chi connectivity index (χ2v) is 6.09. The third-order valence-corrected chi connectivity index (χ3v) is 4.27. The van der Waals surface area contributed by atoms with Crippen molar-refractivity contribution in [2.75, 3.05) is 0 Å². The van der Waals surface area contributed by atoms with Gasteiger partial charge in [-0.15, -0.1) is 0 Å². The van der Waals surface area contributed by atoms with Crippen LogP contribution in [-0.2, 0) is 11.2 Å². The quantitative estimate of drug-likeness (QED) is 0.704. The van der Waals surface area contributed by atoms with E-state index < -0.39 is 54.4 Å². The molecule has 144 valence electrons. The predicted molar refractivity (Wildman–Crippen MR) is 90.8 cm³/mol. The van der Waals surface area contributed by atoms with Crippen LogP contribution in [0.15, 0.2) is 42.5 Å². The van der Waals surface area contributed by atoms with Crippen LogP contribution in [0.1, 0.15) is 30.5 Å². The molecular weight excluding hydrogens is 363 g/mol.